The maximum atomic E-state index is 12.9. The number of aromatic nitrogens is 2. The van der Waals surface area contributed by atoms with E-state index in [0.29, 0.717) is 25.3 Å². The van der Waals surface area contributed by atoms with Crippen LogP contribution in [-0.2, 0) is 22.6 Å². The van der Waals surface area contributed by atoms with Crippen LogP contribution < -0.4 is 0 Å². The zero-order valence-corrected chi connectivity index (χ0v) is 17.8. The second-order valence-corrected chi connectivity index (χ2v) is 8.49. The van der Waals surface area contributed by atoms with Crippen molar-refractivity contribution in [3.8, 4) is 0 Å². The summed E-state index contributed by atoms with van der Waals surface area (Å²) in [6.07, 6.45) is 1.02. The molecule has 1 aliphatic heterocycles. The number of benzene rings is 1. The number of rotatable bonds is 7. The minimum absolute atomic E-state index is 0.0186. The van der Waals surface area contributed by atoms with Gasteiger partial charge in [-0.1, -0.05) is 44.2 Å². The molecule has 2 atom stereocenters. The monoisotopic (exact) mass is 397 g/mol. The van der Waals surface area contributed by atoms with E-state index in [1.54, 1.807) is 4.90 Å². The minimum atomic E-state index is -0.837. The van der Waals surface area contributed by atoms with Crippen molar-refractivity contribution in [2.75, 3.05) is 13.1 Å². The van der Waals surface area contributed by atoms with Crippen LogP contribution in [0.4, 0.5) is 0 Å². The Morgan fingerprint density at radius 3 is 2.48 bits per heavy atom. The molecular weight excluding hydrogens is 366 g/mol. The van der Waals surface area contributed by atoms with E-state index >= 15 is 0 Å². The van der Waals surface area contributed by atoms with E-state index in [9.17, 15) is 14.7 Å². The average molecular weight is 398 g/mol. The van der Waals surface area contributed by atoms with Gasteiger partial charge in [-0.15, -0.1) is 0 Å². The first-order valence-electron chi connectivity index (χ1n) is 10.4. The second-order valence-electron chi connectivity index (χ2n) is 8.49. The largest absolute Gasteiger partial charge is 0.481 e. The molecule has 2 aromatic rings. The number of carboxylic acid groups (broad SMARTS) is 1. The van der Waals surface area contributed by atoms with Gasteiger partial charge in [-0.25, -0.2) is 0 Å². The van der Waals surface area contributed by atoms with Crippen LogP contribution in [0.15, 0.2) is 30.3 Å². The van der Waals surface area contributed by atoms with Crippen LogP contribution in [0.2, 0.25) is 0 Å². The summed E-state index contributed by atoms with van der Waals surface area (Å²) in [6.45, 7) is 9.98. The van der Waals surface area contributed by atoms with Gasteiger partial charge in [0.2, 0.25) is 5.91 Å². The number of amides is 1. The van der Waals surface area contributed by atoms with Gasteiger partial charge in [0.1, 0.15) is 0 Å². The number of hydrogen-bond acceptors (Lipinski definition) is 3. The number of nitrogens with zero attached hydrogens (tertiary/aromatic N) is 3. The standard InChI is InChI=1S/C23H31N3O3/c1-15(2)12-26-17(4)19(16(3)24-26)10-11-22(27)25-13-20(21(14-25)23(28)29)18-8-6-5-7-9-18/h5-9,15,20-21H,10-14H2,1-4H3,(H,28,29)/t20-,21-/m0/s1. The van der Waals surface area contributed by atoms with Crippen molar-refractivity contribution in [1.82, 2.24) is 14.7 Å². The maximum absolute atomic E-state index is 12.9. The lowest BCUT2D eigenvalue weighted by molar-refractivity contribution is -0.141. The third-order valence-electron chi connectivity index (χ3n) is 5.88. The van der Waals surface area contributed by atoms with Gasteiger partial charge in [0.15, 0.2) is 0 Å². The number of aliphatic carboxylic acids is 1. The van der Waals surface area contributed by atoms with E-state index < -0.39 is 11.9 Å². The topological polar surface area (TPSA) is 75.4 Å². The van der Waals surface area contributed by atoms with Gasteiger partial charge in [-0.05, 0) is 37.3 Å². The molecule has 0 bridgehead atoms. The smallest absolute Gasteiger partial charge is 0.308 e. The van der Waals surface area contributed by atoms with Crippen molar-refractivity contribution in [1.29, 1.82) is 0 Å². The van der Waals surface area contributed by atoms with E-state index in [-0.39, 0.29) is 18.4 Å². The summed E-state index contributed by atoms with van der Waals surface area (Å²) in [5, 5.41) is 14.3. The quantitative estimate of drug-likeness (QED) is 0.777. The molecule has 0 saturated carbocycles. The molecule has 3 rings (SSSR count). The zero-order chi connectivity index (χ0) is 21.1. The molecule has 29 heavy (non-hydrogen) atoms. The van der Waals surface area contributed by atoms with Crippen molar-refractivity contribution < 1.29 is 14.7 Å². The van der Waals surface area contributed by atoms with Crippen molar-refractivity contribution in [3.05, 3.63) is 52.8 Å². The Bertz CT molecular complexity index is 873. The number of aryl methyl sites for hydroxylation is 1. The number of carbonyl (C=O) groups excluding carboxylic acids is 1. The molecule has 1 aliphatic rings. The third kappa shape index (κ3) is 4.69. The average Bonchev–Trinajstić information content (AvgIpc) is 3.23. The molecule has 1 fully saturated rings. The SMILES string of the molecule is Cc1nn(CC(C)C)c(C)c1CCC(=O)N1C[C@H](C(=O)O)[C@H](c2ccccc2)C1. The summed E-state index contributed by atoms with van der Waals surface area (Å²) in [4.78, 5) is 26.4. The van der Waals surface area contributed by atoms with Gasteiger partial charge in [0, 0.05) is 37.7 Å². The van der Waals surface area contributed by atoms with Crippen LogP contribution in [0.3, 0.4) is 0 Å². The molecule has 0 spiro atoms. The van der Waals surface area contributed by atoms with Crippen molar-refractivity contribution in [2.24, 2.45) is 11.8 Å². The Labute approximate surface area is 172 Å². The first-order chi connectivity index (χ1) is 13.8. The zero-order valence-electron chi connectivity index (χ0n) is 17.8. The van der Waals surface area contributed by atoms with Crippen LogP contribution in [0.5, 0.6) is 0 Å². The number of hydrogen-bond donors (Lipinski definition) is 1. The predicted octanol–water partition coefficient (Wildman–Crippen LogP) is 3.42. The summed E-state index contributed by atoms with van der Waals surface area (Å²) < 4.78 is 2.03. The fraction of sp³-hybridized carbons (Fsp3) is 0.522. The highest BCUT2D eigenvalue weighted by Gasteiger charge is 2.40. The van der Waals surface area contributed by atoms with E-state index in [1.807, 2.05) is 41.9 Å². The lowest BCUT2D eigenvalue weighted by Gasteiger charge is -2.17. The number of carboxylic acids is 1. The maximum Gasteiger partial charge on any atom is 0.308 e. The Hall–Kier alpha value is -2.63. The number of carbonyl (C=O) groups is 2. The molecule has 1 aromatic heterocycles. The Morgan fingerprint density at radius 1 is 1.17 bits per heavy atom. The minimum Gasteiger partial charge on any atom is -0.481 e. The summed E-state index contributed by atoms with van der Waals surface area (Å²) >= 11 is 0. The van der Waals surface area contributed by atoms with Crippen LogP contribution in [-0.4, -0.2) is 44.8 Å². The molecule has 1 saturated heterocycles. The van der Waals surface area contributed by atoms with Crippen LogP contribution >= 0.6 is 0 Å². The first kappa shape index (κ1) is 21.1. The van der Waals surface area contributed by atoms with E-state index in [0.717, 1.165) is 29.1 Å². The van der Waals surface area contributed by atoms with Crippen LogP contribution in [0, 0.1) is 25.7 Å². The lowest BCUT2D eigenvalue weighted by Crippen LogP contribution is -2.30. The fourth-order valence-electron chi connectivity index (χ4n) is 4.31. The molecule has 2 heterocycles. The highest BCUT2D eigenvalue weighted by molar-refractivity contribution is 5.80. The molecule has 0 radical (unpaired) electrons. The normalized spacial score (nSPS) is 19.1. The predicted molar refractivity (Wildman–Crippen MR) is 112 cm³/mol. The van der Waals surface area contributed by atoms with Gasteiger partial charge in [-0.2, -0.15) is 5.10 Å². The third-order valence-corrected chi connectivity index (χ3v) is 5.88. The Kier molecular flexibility index (Phi) is 6.40. The second kappa shape index (κ2) is 8.80. The first-order valence-corrected chi connectivity index (χ1v) is 10.4. The highest BCUT2D eigenvalue weighted by atomic mass is 16.4. The lowest BCUT2D eigenvalue weighted by atomic mass is 9.89. The Balaban J connectivity index is 1.67. The molecule has 0 unspecified atom stereocenters. The van der Waals surface area contributed by atoms with Crippen LogP contribution in [0.25, 0.3) is 0 Å². The molecule has 6 heteroatoms. The van der Waals surface area contributed by atoms with Gasteiger partial charge < -0.3 is 10.0 Å². The molecule has 1 amide bonds. The molecule has 6 nitrogen and oxygen atoms in total. The van der Waals surface area contributed by atoms with Crippen LogP contribution in [0.1, 0.15) is 48.7 Å². The molecule has 1 aromatic carbocycles. The molecule has 0 aliphatic carbocycles. The number of likely N-dealkylation sites (tertiary alicyclic amines) is 1. The van der Waals surface area contributed by atoms with E-state index in [1.165, 1.54) is 0 Å². The van der Waals surface area contributed by atoms with Crippen molar-refractivity contribution in [3.63, 3.8) is 0 Å². The molecule has 1 N–H and O–H groups in total. The molecular formula is C23H31N3O3. The van der Waals surface area contributed by atoms with Gasteiger partial charge in [-0.3, -0.25) is 14.3 Å². The summed E-state index contributed by atoms with van der Waals surface area (Å²) in [5.41, 5.74) is 4.21. The molecule has 156 valence electrons. The summed E-state index contributed by atoms with van der Waals surface area (Å²) in [5.74, 6) is -1.02. The summed E-state index contributed by atoms with van der Waals surface area (Å²) in [6, 6.07) is 9.65. The Morgan fingerprint density at radius 2 is 1.86 bits per heavy atom. The van der Waals surface area contributed by atoms with Gasteiger partial charge in [0.05, 0.1) is 11.6 Å². The fourth-order valence-corrected chi connectivity index (χ4v) is 4.31. The highest BCUT2D eigenvalue weighted by Crippen LogP contribution is 2.33. The summed E-state index contributed by atoms with van der Waals surface area (Å²) in [7, 11) is 0. The van der Waals surface area contributed by atoms with E-state index in [4.69, 9.17) is 0 Å². The van der Waals surface area contributed by atoms with Crippen molar-refractivity contribution >= 4 is 11.9 Å². The van der Waals surface area contributed by atoms with E-state index in [2.05, 4.69) is 25.9 Å². The van der Waals surface area contributed by atoms with Gasteiger partial charge >= 0.3 is 5.97 Å². The van der Waals surface area contributed by atoms with Gasteiger partial charge in [0.25, 0.3) is 0 Å². The van der Waals surface area contributed by atoms with Crippen molar-refractivity contribution in [2.45, 2.75) is 53.0 Å².